The molecule has 10 heteroatoms. The molecule has 1 fully saturated rings. The van der Waals surface area contributed by atoms with Crippen molar-refractivity contribution in [3.63, 3.8) is 0 Å². The second kappa shape index (κ2) is 10.1. The van der Waals surface area contributed by atoms with Crippen LogP contribution in [0.1, 0.15) is 12.8 Å². The Balaban J connectivity index is 1.49. The van der Waals surface area contributed by atoms with E-state index in [4.69, 9.17) is 11.6 Å². The van der Waals surface area contributed by atoms with E-state index in [0.29, 0.717) is 41.2 Å². The van der Waals surface area contributed by atoms with Crippen LogP contribution in [0.4, 0.5) is 20.6 Å². The monoisotopic (exact) mass is 515 g/mol. The third-order valence-electron chi connectivity index (χ3n) is 5.74. The van der Waals surface area contributed by atoms with Crippen LogP contribution in [0, 0.1) is 5.82 Å². The van der Waals surface area contributed by atoms with Gasteiger partial charge in [0.05, 0.1) is 10.6 Å². The molecule has 1 unspecified atom stereocenters. The number of nitrogens with zero attached hydrogens (tertiary/aromatic N) is 1. The molecule has 1 saturated heterocycles. The maximum absolute atomic E-state index is 14.9. The van der Waals surface area contributed by atoms with Crippen molar-refractivity contribution in [3.05, 3.63) is 77.6 Å². The molecule has 0 spiro atoms. The number of carbonyl (C=O) groups excluding carboxylic acids is 2. The molecule has 4 rings (SSSR count). The van der Waals surface area contributed by atoms with Gasteiger partial charge in [0.15, 0.2) is 9.84 Å². The van der Waals surface area contributed by atoms with Gasteiger partial charge >= 0.3 is 6.03 Å². The molecule has 1 aliphatic heterocycles. The molecule has 2 N–H and O–H groups in total. The molecular weight excluding hydrogens is 493 g/mol. The number of benzene rings is 3. The van der Waals surface area contributed by atoms with Gasteiger partial charge in [-0.15, -0.1) is 0 Å². The van der Waals surface area contributed by atoms with E-state index in [2.05, 4.69) is 10.6 Å². The van der Waals surface area contributed by atoms with Crippen LogP contribution in [0.5, 0.6) is 0 Å². The fourth-order valence-corrected chi connectivity index (χ4v) is 5.08. The number of hydrogen-bond acceptors (Lipinski definition) is 4. The van der Waals surface area contributed by atoms with Gasteiger partial charge in [0, 0.05) is 29.1 Å². The van der Waals surface area contributed by atoms with E-state index in [1.807, 2.05) is 0 Å². The lowest BCUT2D eigenvalue weighted by atomic mass is 10.0. The number of amides is 3. The molecule has 3 aromatic carbocycles. The number of hydrogen-bond donors (Lipinski definition) is 2. The Hall–Kier alpha value is -3.43. The van der Waals surface area contributed by atoms with E-state index >= 15 is 0 Å². The number of halogens is 2. The summed E-state index contributed by atoms with van der Waals surface area (Å²) in [7, 11) is -3.52. The molecule has 7 nitrogen and oxygen atoms in total. The van der Waals surface area contributed by atoms with Gasteiger partial charge in [0.1, 0.15) is 11.9 Å². The lowest BCUT2D eigenvalue weighted by molar-refractivity contribution is -0.119. The quantitative estimate of drug-likeness (QED) is 0.489. The minimum absolute atomic E-state index is 0.0550. The molecule has 1 aliphatic rings. The number of carbonyl (C=O) groups is 2. The van der Waals surface area contributed by atoms with Crippen LogP contribution in [0.3, 0.4) is 0 Å². The van der Waals surface area contributed by atoms with Crippen molar-refractivity contribution in [2.45, 2.75) is 23.8 Å². The Kier molecular flexibility index (Phi) is 7.09. The summed E-state index contributed by atoms with van der Waals surface area (Å²) in [5.74, 6) is -1.22. The van der Waals surface area contributed by atoms with E-state index in [9.17, 15) is 22.4 Å². The van der Waals surface area contributed by atoms with Gasteiger partial charge in [-0.05, 0) is 60.9 Å². The maximum Gasteiger partial charge on any atom is 0.322 e. The smallest absolute Gasteiger partial charge is 0.322 e. The van der Waals surface area contributed by atoms with Gasteiger partial charge in [-0.3, -0.25) is 4.79 Å². The standard InChI is InChI=1S/C25H23ClFN3O4S/c1-35(33,34)23-7-3-2-5-19(23)16-8-13-21(20(27)15-16)29-24(31)22-6-4-14-30(22)25(32)28-18-11-9-17(26)10-12-18/h2-3,5,7-13,15,22H,4,6,14H2,1H3,(H,28,32)(H,29,31). The molecular formula is C25H23ClFN3O4S. The summed E-state index contributed by atoms with van der Waals surface area (Å²) in [5, 5.41) is 5.84. The second-order valence-corrected chi connectivity index (χ2v) is 10.7. The highest BCUT2D eigenvalue weighted by Crippen LogP contribution is 2.30. The Morgan fingerprint density at radius 2 is 1.74 bits per heavy atom. The van der Waals surface area contributed by atoms with Crippen LogP contribution in [0.15, 0.2) is 71.6 Å². The number of anilines is 2. The van der Waals surface area contributed by atoms with Crippen LogP contribution in [-0.2, 0) is 14.6 Å². The highest BCUT2D eigenvalue weighted by atomic mass is 35.5. The molecule has 1 atom stereocenters. The van der Waals surface area contributed by atoms with E-state index in [0.717, 1.165) is 6.26 Å². The fourth-order valence-electron chi connectivity index (χ4n) is 4.04. The summed E-state index contributed by atoms with van der Waals surface area (Å²) < 4.78 is 39.1. The van der Waals surface area contributed by atoms with Crippen LogP contribution in [-0.4, -0.2) is 44.1 Å². The lowest BCUT2D eigenvalue weighted by Gasteiger charge is -2.24. The van der Waals surface area contributed by atoms with Gasteiger partial charge in [-0.25, -0.2) is 17.6 Å². The Bertz CT molecular complexity index is 1380. The molecule has 35 heavy (non-hydrogen) atoms. The van der Waals surface area contributed by atoms with Crippen molar-refractivity contribution in [2.75, 3.05) is 23.4 Å². The summed E-state index contributed by atoms with van der Waals surface area (Å²) >= 11 is 5.87. The minimum atomic E-state index is -3.52. The number of sulfone groups is 1. The Morgan fingerprint density at radius 3 is 2.43 bits per heavy atom. The van der Waals surface area contributed by atoms with Gasteiger partial charge in [-0.2, -0.15) is 0 Å². The van der Waals surface area contributed by atoms with Crippen LogP contribution < -0.4 is 10.6 Å². The largest absolute Gasteiger partial charge is 0.322 e. The van der Waals surface area contributed by atoms with Gasteiger partial charge in [0.2, 0.25) is 5.91 Å². The third kappa shape index (κ3) is 5.63. The third-order valence-corrected chi connectivity index (χ3v) is 7.14. The molecule has 182 valence electrons. The molecule has 1 heterocycles. The molecule has 0 bridgehead atoms. The fraction of sp³-hybridized carbons (Fsp3) is 0.200. The van der Waals surface area contributed by atoms with Gasteiger partial charge in [0.25, 0.3) is 0 Å². The molecule has 0 aliphatic carbocycles. The molecule has 3 aromatic rings. The van der Waals surface area contributed by atoms with E-state index in [1.54, 1.807) is 48.5 Å². The predicted octanol–water partition coefficient (Wildman–Crippen LogP) is 5.18. The van der Waals surface area contributed by atoms with Crippen LogP contribution >= 0.6 is 11.6 Å². The summed E-state index contributed by atoms with van der Waals surface area (Å²) in [6.07, 6.45) is 2.17. The highest BCUT2D eigenvalue weighted by molar-refractivity contribution is 7.90. The predicted molar refractivity (Wildman–Crippen MR) is 134 cm³/mol. The lowest BCUT2D eigenvalue weighted by Crippen LogP contribution is -2.45. The van der Waals surface area contributed by atoms with Crippen molar-refractivity contribution < 1.29 is 22.4 Å². The van der Waals surface area contributed by atoms with E-state index in [1.165, 1.54) is 23.1 Å². The maximum atomic E-state index is 14.9. The Morgan fingerprint density at radius 1 is 1.03 bits per heavy atom. The SMILES string of the molecule is CS(=O)(=O)c1ccccc1-c1ccc(NC(=O)C2CCCN2C(=O)Nc2ccc(Cl)cc2)c(F)c1. The zero-order valence-corrected chi connectivity index (χ0v) is 20.4. The summed E-state index contributed by atoms with van der Waals surface area (Å²) in [6, 6.07) is 15.8. The van der Waals surface area contributed by atoms with Crippen LogP contribution in [0.25, 0.3) is 11.1 Å². The van der Waals surface area contributed by atoms with Gasteiger partial charge < -0.3 is 15.5 Å². The van der Waals surface area contributed by atoms with Crippen molar-refractivity contribution >= 4 is 44.8 Å². The molecule has 0 radical (unpaired) electrons. The summed E-state index contributed by atoms with van der Waals surface area (Å²) in [4.78, 5) is 27.2. The number of nitrogens with one attached hydrogen (secondary N) is 2. The molecule has 0 saturated carbocycles. The Labute approximate surface area is 207 Å². The van der Waals surface area contributed by atoms with E-state index in [-0.39, 0.29) is 10.6 Å². The zero-order chi connectivity index (χ0) is 25.2. The molecule has 3 amide bonds. The van der Waals surface area contributed by atoms with Crippen molar-refractivity contribution in [1.82, 2.24) is 4.90 Å². The first-order chi connectivity index (χ1) is 16.6. The van der Waals surface area contributed by atoms with Crippen molar-refractivity contribution in [2.24, 2.45) is 0 Å². The number of likely N-dealkylation sites (tertiary alicyclic amines) is 1. The first kappa shape index (κ1) is 24.7. The van der Waals surface area contributed by atoms with Crippen LogP contribution in [0.2, 0.25) is 5.02 Å². The normalized spacial score (nSPS) is 15.6. The van der Waals surface area contributed by atoms with E-state index < -0.39 is 33.6 Å². The molecule has 0 aromatic heterocycles. The minimum Gasteiger partial charge on any atom is -0.322 e. The van der Waals surface area contributed by atoms with Gasteiger partial charge in [-0.1, -0.05) is 35.9 Å². The summed E-state index contributed by atoms with van der Waals surface area (Å²) in [5.41, 5.74) is 1.22. The average molecular weight is 516 g/mol. The zero-order valence-electron chi connectivity index (χ0n) is 18.8. The highest BCUT2D eigenvalue weighted by Gasteiger charge is 2.34. The average Bonchev–Trinajstić information content (AvgIpc) is 3.32. The number of rotatable bonds is 5. The van der Waals surface area contributed by atoms with Crippen molar-refractivity contribution in [1.29, 1.82) is 0 Å². The second-order valence-electron chi connectivity index (χ2n) is 8.24. The number of urea groups is 1. The first-order valence-corrected chi connectivity index (χ1v) is 13.1. The van der Waals surface area contributed by atoms with Crippen molar-refractivity contribution in [3.8, 4) is 11.1 Å². The summed E-state index contributed by atoms with van der Waals surface area (Å²) in [6.45, 7) is 0.390. The topological polar surface area (TPSA) is 95.6 Å². The first-order valence-electron chi connectivity index (χ1n) is 10.9.